The van der Waals surface area contributed by atoms with Crippen LogP contribution < -0.4 is 0 Å². The summed E-state index contributed by atoms with van der Waals surface area (Å²) in [7, 11) is 0. The van der Waals surface area contributed by atoms with Crippen molar-refractivity contribution in [2.75, 3.05) is 0 Å². The van der Waals surface area contributed by atoms with Gasteiger partial charge in [0, 0.05) is 0 Å². The van der Waals surface area contributed by atoms with Crippen LogP contribution in [0.4, 0.5) is 0 Å². The fraction of sp³-hybridized carbons (Fsp3) is 0.571. The second-order valence-electron chi connectivity index (χ2n) is 4.05. The van der Waals surface area contributed by atoms with Gasteiger partial charge in [0.1, 0.15) is 5.75 Å². The van der Waals surface area contributed by atoms with Gasteiger partial charge in [0.25, 0.3) is 0 Å². The summed E-state index contributed by atoms with van der Waals surface area (Å²) in [6.07, 6.45) is 5.60. The van der Waals surface area contributed by atoms with Gasteiger partial charge in [-0.2, -0.15) is 0 Å². The first-order valence-electron chi connectivity index (χ1n) is 6.06. The SMILES string of the molecule is CCCCc1cc(O)cc(CC)c1CC. The van der Waals surface area contributed by atoms with Gasteiger partial charge in [-0.05, 0) is 54.5 Å². The van der Waals surface area contributed by atoms with Crippen molar-refractivity contribution < 1.29 is 5.11 Å². The van der Waals surface area contributed by atoms with Crippen LogP contribution in [0, 0.1) is 0 Å². The lowest BCUT2D eigenvalue weighted by atomic mass is 9.93. The number of aromatic hydroxyl groups is 1. The normalized spacial score (nSPS) is 10.6. The summed E-state index contributed by atoms with van der Waals surface area (Å²) in [5, 5.41) is 9.64. The van der Waals surface area contributed by atoms with Crippen molar-refractivity contribution in [2.45, 2.75) is 52.9 Å². The minimum absolute atomic E-state index is 0.426. The summed E-state index contributed by atoms with van der Waals surface area (Å²) in [5.41, 5.74) is 4.10. The van der Waals surface area contributed by atoms with Gasteiger partial charge in [-0.3, -0.25) is 0 Å². The summed E-state index contributed by atoms with van der Waals surface area (Å²) in [6.45, 7) is 6.55. The molecule has 0 spiro atoms. The van der Waals surface area contributed by atoms with E-state index in [1.165, 1.54) is 29.5 Å². The van der Waals surface area contributed by atoms with E-state index in [9.17, 15) is 5.11 Å². The first-order chi connectivity index (χ1) is 7.22. The molecule has 0 fully saturated rings. The maximum atomic E-state index is 9.64. The quantitative estimate of drug-likeness (QED) is 0.775. The summed E-state index contributed by atoms with van der Waals surface area (Å²) in [6, 6.07) is 3.85. The Kier molecular flexibility index (Phi) is 4.67. The van der Waals surface area contributed by atoms with Crippen LogP contribution in [-0.2, 0) is 19.3 Å². The van der Waals surface area contributed by atoms with E-state index in [-0.39, 0.29) is 0 Å². The Bertz CT molecular complexity index is 315. The summed E-state index contributed by atoms with van der Waals surface area (Å²) < 4.78 is 0. The maximum Gasteiger partial charge on any atom is 0.116 e. The Morgan fingerprint density at radius 2 is 1.67 bits per heavy atom. The molecule has 1 heteroatoms. The fourth-order valence-corrected chi connectivity index (χ4v) is 2.14. The second kappa shape index (κ2) is 5.79. The van der Waals surface area contributed by atoms with E-state index >= 15 is 0 Å². The van der Waals surface area contributed by atoms with Crippen LogP contribution >= 0.6 is 0 Å². The molecule has 0 atom stereocenters. The lowest BCUT2D eigenvalue weighted by Crippen LogP contribution is -1.98. The van der Waals surface area contributed by atoms with Gasteiger partial charge in [-0.15, -0.1) is 0 Å². The van der Waals surface area contributed by atoms with Crippen molar-refractivity contribution in [2.24, 2.45) is 0 Å². The van der Waals surface area contributed by atoms with Crippen molar-refractivity contribution in [1.82, 2.24) is 0 Å². The smallest absolute Gasteiger partial charge is 0.116 e. The highest BCUT2D eigenvalue weighted by atomic mass is 16.3. The van der Waals surface area contributed by atoms with Crippen LogP contribution in [0.25, 0.3) is 0 Å². The third-order valence-electron chi connectivity index (χ3n) is 2.95. The van der Waals surface area contributed by atoms with Gasteiger partial charge >= 0.3 is 0 Å². The number of aryl methyl sites for hydroxylation is 2. The Hall–Kier alpha value is -0.980. The third-order valence-corrected chi connectivity index (χ3v) is 2.95. The van der Waals surface area contributed by atoms with E-state index in [4.69, 9.17) is 0 Å². The summed E-state index contributed by atoms with van der Waals surface area (Å²) in [4.78, 5) is 0. The Balaban J connectivity index is 3.05. The first kappa shape index (κ1) is 12.1. The van der Waals surface area contributed by atoms with Gasteiger partial charge in [-0.1, -0.05) is 27.2 Å². The molecule has 1 rings (SSSR count). The molecule has 0 saturated heterocycles. The molecule has 0 saturated carbocycles. The van der Waals surface area contributed by atoms with Gasteiger partial charge in [0.15, 0.2) is 0 Å². The Morgan fingerprint density at radius 1 is 1.00 bits per heavy atom. The van der Waals surface area contributed by atoms with Crippen molar-refractivity contribution in [3.63, 3.8) is 0 Å². The molecule has 0 bridgehead atoms. The largest absolute Gasteiger partial charge is 0.508 e. The molecule has 0 unspecified atom stereocenters. The molecule has 0 aliphatic heterocycles. The first-order valence-corrected chi connectivity index (χ1v) is 6.06. The molecule has 84 valence electrons. The molecule has 0 amide bonds. The average Bonchev–Trinajstić information content (AvgIpc) is 2.25. The zero-order valence-electron chi connectivity index (χ0n) is 10.1. The fourth-order valence-electron chi connectivity index (χ4n) is 2.14. The van der Waals surface area contributed by atoms with Gasteiger partial charge in [0.05, 0.1) is 0 Å². The summed E-state index contributed by atoms with van der Waals surface area (Å²) >= 11 is 0. The zero-order chi connectivity index (χ0) is 11.3. The third kappa shape index (κ3) is 2.98. The molecule has 0 aliphatic carbocycles. The minimum Gasteiger partial charge on any atom is -0.508 e. The van der Waals surface area contributed by atoms with Gasteiger partial charge in [0.2, 0.25) is 0 Å². The predicted molar refractivity (Wildman–Crippen MR) is 65.5 cm³/mol. The number of benzene rings is 1. The molecular weight excluding hydrogens is 184 g/mol. The highest BCUT2D eigenvalue weighted by molar-refractivity contribution is 5.42. The van der Waals surface area contributed by atoms with Crippen LogP contribution in [0.3, 0.4) is 0 Å². The summed E-state index contributed by atoms with van der Waals surface area (Å²) in [5.74, 6) is 0.426. The highest BCUT2D eigenvalue weighted by Gasteiger charge is 2.07. The number of rotatable bonds is 5. The molecular formula is C14H22O. The van der Waals surface area contributed by atoms with Crippen molar-refractivity contribution in [3.8, 4) is 5.75 Å². The second-order valence-corrected chi connectivity index (χ2v) is 4.05. The highest BCUT2D eigenvalue weighted by Crippen LogP contribution is 2.24. The number of unbranched alkanes of at least 4 members (excludes halogenated alkanes) is 1. The van der Waals surface area contributed by atoms with Crippen LogP contribution in [0.15, 0.2) is 12.1 Å². The monoisotopic (exact) mass is 206 g/mol. The van der Waals surface area contributed by atoms with Crippen molar-refractivity contribution in [3.05, 3.63) is 28.8 Å². The molecule has 1 nitrogen and oxygen atoms in total. The molecule has 0 radical (unpaired) electrons. The van der Waals surface area contributed by atoms with Gasteiger partial charge in [-0.25, -0.2) is 0 Å². The number of hydrogen-bond donors (Lipinski definition) is 1. The van der Waals surface area contributed by atoms with E-state index in [0.29, 0.717) is 5.75 Å². The maximum absolute atomic E-state index is 9.64. The topological polar surface area (TPSA) is 20.2 Å². The molecule has 15 heavy (non-hydrogen) atoms. The zero-order valence-corrected chi connectivity index (χ0v) is 10.1. The van der Waals surface area contributed by atoms with E-state index in [1.807, 2.05) is 12.1 Å². The lowest BCUT2D eigenvalue weighted by molar-refractivity contribution is 0.473. The number of phenols is 1. The van der Waals surface area contributed by atoms with Crippen LogP contribution in [0.1, 0.15) is 50.3 Å². The van der Waals surface area contributed by atoms with Crippen molar-refractivity contribution in [1.29, 1.82) is 0 Å². The molecule has 1 aromatic rings. The lowest BCUT2D eigenvalue weighted by Gasteiger charge is -2.13. The Labute approximate surface area is 93.1 Å². The van der Waals surface area contributed by atoms with E-state index in [1.54, 1.807) is 0 Å². The van der Waals surface area contributed by atoms with Crippen LogP contribution in [-0.4, -0.2) is 5.11 Å². The molecule has 1 aromatic carbocycles. The van der Waals surface area contributed by atoms with Crippen LogP contribution in [0.5, 0.6) is 5.75 Å². The molecule has 0 aromatic heterocycles. The van der Waals surface area contributed by atoms with Crippen molar-refractivity contribution >= 4 is 0 Å². The molecule has 0 heterocycles. The number of hydrogen-bond acceptors (Lipinski definition) is 1. The standard InChI is InChI=1S/C14H22O/c1-4-7-8-12-10-13(15)9-11(5-2)14(12)6-3/h9-10,15H,4-8H2,1-3H3. The van der Waals surface area contributed by atoms with Crippen LogP contribution in [0.2, 0.25) is 0 Å². The minimum atomic E-state index is 0.426. The Morgan fingerprint density at radius 3 is 2.20 bits per heavy atom. The van der Waals surface area contributed by atoms with E-state index in [2.05, 4.69) is 20.8 Å². The van der Waals surface area contributed by atoms with E-state index < -0.39 is 0 Å². The molecule has 1 N–H and O–H groups in total. The average molecular weight is 206 g/mol. The van der Waals surface area contributed by atoms with E-state index in [0.717, 1.165) is 19.3 Å². The van der Waals surface area contributed by atoms with Gasteiger partial charge < -0.3 is 5.11 Å². The predicted octanol–water partition coefficient (Wildman–Crippen LogP) is 3.86. The molecule has 0 aliphatic rings. The number of phenolic OH excluding ortho intramolecular Hbond substituents is 1.